The Balaban J connectivity index is 1.43. The topological polar surface area (TPSA) is 46.9 Å². The molecule has 0 saturated heterocycles. The molecule has 2 aromatic carbocycles. The van der Waals surface area contributed by atoms with E-state index in [1.165, 1.54) is 47.7 Å². The van der Waals surface area contributed by atoms with Gasteiger partial charge >= 0.3 is 0 Å². The Morgan fingerprint density at radius 2 is 1.45 bits per heavy atom. The third-order valence-corrected chi connectivity index (χ3v) is 10.5. The third kappa shape index (κ3) is 1.95. The summed E-state index contributed by atoms with van der Waals surface area (Å²) in [5, 5.41) is 17.0. The highest BCUT2D eigenvalue weighted by Crippen LogP contribution is 2.61. The zero-order chi connectivity index (χ0) is 20.3. The van der Waals surface area contributed by atoms with Gasteiger partial charge in [-0.1, -0.05) is 25.0 Å². The van der Waals surface area contributed by atoms with Crippen molar-refractivity contribution in [1.82, 2.24) is 9.80 Å². The third-order valence-electron chi connectivity index (χ3n) is 7.73. The Morgan fingerprint density at radius 1 is 0.839 bits per heavy atom. The van der Waals surface area contributed by atoms with Gasteiger partial charge in [0.1, 0.15) is 30.3 Å². The molecule has 156 valence electrons. The van der Waals surface area contributed by atoms with E-state index in [-0.39, 0.29) is 12.1 Å². The van der Waals surface area contributed by atoms with Crippen LogP contribution in [-0.4, -0.2) is 46.6 Å². The van der Waals surface area contributed by atoms with Crippen molar-refractivity contribution in [3.05, 3.63) is 36.4 Å². The molecule has 5 aliphatic heterocycles. The highest BCUT2D eigenvalue weighted by Gasteiger charge is 2.55. The molecule has 6 aliphatic rings. The normalized spacial score (nSPS) is 32.9. The monoisotopic (exact) mass is 430 g/mol. The standard InChI is InChI=1S/C23H23N6OP/c1-14-26-12-24-28(14)17-8-4-10-19-21(17)31-22-18(9-5-11-20(22)30-19)29-23(31)27(13-25-29)16-7-3-2-6-15(16)26/h4-5,8-16,23H,2-3,6-7H2,1H3/t14-,15?,16?,23+,31?/m1/s1. The number of hydrazone groups is 2. The SMILES string of the molecule is C[C@H]1N2N=CN1C1CCCCC1N1C=NN3c4cccc5c4P(c4c(cccc42)O5)[C@H]31. The van der Waals surface area contributed by atoms with Crippen LogP contribution < -0.4 is 25.4 Å². The number of anilines is 2. The molecule has 1 fully saturated rings. The van der Waals surface area contributed by atoms with Gasteiger partial charge in [-0.2, -0.15) is 10.2 Å². The molecule has 8 rings (SSSR count). The average molecular weight is 430 g/mol. The van der Waals surface area contributed by atoms with E-state index in [0.717, 1.165) is 11.5 Å². The highest BCUT2D eigenvalue weighted by atomic mass is 31.1. The molecule has 8 heteroatoms. The second-order valence-corrected chi connectivity index (χ2v) is 11.3. The molecular weight excluding hydrogens is 407 g/mol. The first-order valence-electron chi connectivity index (χ1n) is 11.3. The van der Waals surface area contributed by atoms with Crippen LogP contribution in [0.3, 0.4) is 0 Å². The lowest BCUT2D eigenvalue weighted by molar-refractivity contribution is 0.118. The molecule has 2 bridgehead atoms. The number of hydrogen-bond acceptors (Lipinski definition) is 7. The summed E-state index contributed by atoms with van der Waals surface area (Å²) in [6, 6.07) is 13.8. The molecule has 1 aliphatic carbocycles. The van der Waals surface area contributed by atoms with Crippen LogP contribution in [0.25, 0.3) is 0 Å². The van der Waals surface area contributed by atoms with Crippen LogP contribution in [0.5, 0.6) is 11.5 Å². The second kappa shape index (κ2) is 5.71. The van der Waals surface area contributed by atoms with Crippen molar-refractivity contribution < 1.29 is 4.74 Å². The summed E-state index contributed by atoms with van der Waals surface area (Å²) < 4.78 is 6.48. The van der Waals surface area contributed by atoms with Gasteiger partial charge in [-0.3, -0.25) is 0 Å². The quantitative estimate of drug-likeness (QED) is 0.600. The Kier molecular flexibility index (Phi) is 3.10. The first-order chi connectivity index (χ1) is 15.3. The van der Waals surface area contributed by atoms with E-state index in [9.17, 15) is 0 Å². The van der Waals surface area contributed by atoms with Crippen LogP contribution in [0.4, 0.5) is 11.4 Å². The van der Waals surface area contributed by atoms with Crippen molar-refractivity contribution in [3.63, 3.8) is 0 Å². The maximum Gasteiger partial charge on any atom is 0.152 e. The van der Waals surface area contributed by atoms with Crippen molar-refractivity contribution >= 4 is 42.6 Å². The minimum Gasteiger partial charge on any atom is -0.456 e. The smallest absolute Gasteiger partial charge is 0.152 e. The average Bonchev–Trinajstić information content (AvgIpc) is 3.48. The largest absolute Gasteiger partial charge is 0.456 e. The molecule has 0 N–H and O–H groups in total. The van der Waals surface area contributed by atoms with E-state index in [4.69, 9.17) is 14.9 Å². The summed E-state index contributed by atoms with van der Waals surface area (Å²) in [5.41, 5.74) is 2.38. The van der Waals surface area contributed by atoms with Gasteiger partial charge in [0.25, 0.3) is 0 Å². The minimum atomic E-state index is -0.690. The van der Waals surface area contributed by atoms with Crippen LogP contribution in [0.2, 0.25) is 0 Å². The Hall–Kier alpha value is -2.79. The van der Waals surface area contributed by atoms with Crippen molar-refractivity contribution in [2.45, 2.75) is 56.8 Å². The van der Waals surface area contributed by atoms with Gasteiger partial charge in [-0.05, 0) is 44.0 Å². The van der Waals surface area contributed by atoms with Crippen molar-refractivity contribution in [1.29, 1.82) is 0 Å². The van der Waals surface area contributed by atoms with E-state index in [1.54, 1.807) is 0 Å². The maximum atomic E-state index is 6.48. The number of hydrogen-bond donors (Lipinski definition) is 0. The first-order valence-corrected chi connectivity index (χ1v) is 12.7. The van der Waals surface area contributed by atoms with Crippen LogP contribution in [0.1, 0.15) is 32.6 Å². The molecule has 0 aromatic heterocycles. The predicted octanol–water partition coefficient (Wildman–Crippen LogP) is 3.32. The lowest BCUT2D eigenvalue weighted by Crippen LogP contribution is -2.58. The molecule has 0 amide bonds. The van der Waals surface area contributed by atoms with E-state index in [1.807, 2.05) is 0 Å². The maximum absolute atomic E-state index is 6.48. The molecule has 3 unspecified atom stereocenters. The van der Waals surface area contributed by atoms with E-state index in [2.05, 4.69) is 75.8 Å². The van der Waals surface area contributed by atoms with Gasteiger partial charge in [0.2, 0.25) is 0 Å². The molecule has 7 nitrogen and oxygen atoms in total. The number of benzene rings is 2. The summed E-state index contributed by atoms with van der Waals surface area (Å²) >= 11 is 0. The molecule has 1 saturated carbocycles. The lowest BCUT2D eigenvalue weighted by atomic mass is 9.88. The van der Waals surface area contributed by atoms with Gasteiger partial charge in [-0.25, -0.2) is 10.0 Å². The minimum absolute atomic E-state index is 0.193. The highest BCUT2D eigenvalue weighted by molar-refractivity contribution is 7.75. The van der Waals surface area contributed by atoms with Crippen molar-refractivity contribution in [2.75, 3.05) is 10.0 Å². The van der Waals surface area contributed by atoms with E-state index < -0.39 is 7.92 Å². The lowest BCUT2D eigenvalue weighted by Gasteiger charge is -2.48. The van der Waals surface area contributed by atoms with E-state index in [0.29, 0.717) is 12.1 Å². The summed E-state index contributed by atoms with van der Waals surface area (Å²) in [5.74, 6) is 2.19. The Bertz CT molecular complexity index is 1180. The molecule has 0 spiro atoms. The summed E-state index contributed by atoms with van der Waals surface area (Å²) in [6.07, 6.45) is 9.37. The predicted molar refractivity (Wildman–Crippen MR) is 124 cm³/mol. The summed E-state index contributed by atoms with van der Waals surface area (Å²) in [6.45, 7) is 2.28. The van der Waals surface area contributed by atoms with E-state index >= 15 is 0 Å². The first kappa shape index (κ1) is 16.8. The van der Waals surface area contributed by atoms with Crippen molar-refractivity contribution in [2.24, 2.45) is 10.2 Å². The zero-order valence-electron chi connectivity index (χ0n) is 17.3. The molecule has 0 radical (unpaired) electrons. The number of rotatable bonds is 0. The van der Waals surface area contributed by atoms with Crippen LogP contribution >= 0.6 is 7.92 Å². The second-order valence-electron chi connectivity index (χ2n) is 9.16. The Labute approximate surface area is 182 Å². The number of nitrogens with zero attached hydrogens (tertiary/aromatic N) is 6. The molecule has 2 aromatic rings. The Morgan fingerprint density at radius 3 is 2.19 bits per heavy atom. The molecule has 5 atom stereocenters. The van der Waals surface area contributed by atoms with Crippen LogP contribution in [-0.2, 0) is 0 Å². The number of fused-ring (bicyclic) bond motifs is 7. The van der Waals surface area contributed by atoms with Gasteiger partial charge in [0.15, 0.2) is 5.91 Å². The van der Waals surface area contributed by atoms with Gasteiger partial charge in [0, 0.05) is 7.92 Å². The fraction of sp³-hybridized carbons (Fsp3) is 0.391. The molecular formula is C23H23N6OP. The van der Waals surface area contributed by atoms with Crippen molar-refractivity contribution in [3.8, 4) is 11.5 Å². The summed E-state index contributed by atoms with van der Waals surface area (Å²) in [7, 11) is -0.690. The van der Waals surface area contributed by atoms with Gasteiger partial charge in [0.05, 0.1) is 34.1 Å². The zero-order valence-corrected chi connectivity index (χ0v) is 18.2. The fourth-order valence-electron chi connectivity index (χ4n) is 6.40. The fourth-order valence-corrected chi connectivity index (χ4v) is 9.55. The van der Waals surface area contributed by atoms with Gasteiger partial charge < -0.3 is 14.5 Å². The molecule has 5 heterocycles. The summed E-state index contributed by atoms with van der Waals surface area (Å²) in [4.78, 5) is 5.09. The van der Waals surface area contributed by atoms with Crippen LogP contribution in [0, 0.1) is 0 Å². The number of ether oxygens (including phenoxy) is 1. The van der Waals surface area contributed by atoms with Crippen LogP contribution in [0.15, 0.2) is 46.6 Å². The van der Waals surface area contributed by atoms with Gasteiger partial charge in [-0.15, -0.1) is 0 Å². The molecule has 31 heavy (non-hydrogen) atoms.